The molecule has 5 nitrogen and oxygen atoms in total. The van der Waals surface area contributed by atoms with Gasteiger partial charge in [0.05, 0.1) is 17.6 Å². The number of ether oxygens (including phenoxy) is 2. The summed E-state index contributed by atoms with van der Waals surface area (Å²) in [4.78, 5) is 14.9. The molecule has 0 unspecified atom stereocenters. The number of aromatic amines is 1. The van der Waals surface area contributed by atoms with Gasteiger partial charge in [-0.2, -0.15) is 0 Å². The molecule has 1 N–H and O–H groups in total. The van der Waals surface area contributed by atoms with Crippen molar-refractivity contribution in [3.63, 3.8) is 0 Å². The highest BCUT2D eigenvalue weighted by Crippen LogP contribution is 2.32. The van der Waals surface area contributed by atoms with E-state index in [0.29, 0.717) is 6.54 Å². The number of benzene rings is 2. The van der Waals surface area contributed by atoms with Crippen molar-refractivity contribution in [1.29, 1.82) is 0 Å². The Bertz CT molecular complexity index is 848. The Morgan fingerprint density at radius 1 is 1.10 bits per heavy atom. The summed E-state index contributed by atoms with van der Waals surface area (Å²) in [5, 5.41) is 0. The fraction of sp³-hybridized carbons (Fsp3) is 0.133. The highest BCUT2D eigenvalue weighted by Gasteiger charge is 2.14. The van der Waals surface area contributed by atoms with Crippen molar-refractivity contribution in [2.45, 2.75) is 6.54 Å². The van der Waals surface area contributed by atoms with Crippen LogP contribution in [0.3, 0.4) is 0 Å². The summed E-state index contributed by atoms with van der Waals surface area (Å²) >= 11 is 0. The Labute approximate surface area is 114 Å². The van der Waals surface area contributed by atoms with E-state index in [2.05, 4.69) is 4.98 Å². The summed E-state index contributed by atoms with van der Waals surface area (Å²) in [6.45, 7) is 0.755. The van der Waals surface area contributed by atoms with Crippen LogP contribution in [0.5, 0.6) is 11.5 Å². The van der Waals surface area contributed by atoms with Crippen molar-refractivity contribution in [3.05, 3.63) is 58.5 Å². The van der Waals surface area contributed by atoms with Gasteiger partial charge in [0.1, 0.15) is 0 Å². The molecule has 0 atom stereocenters. The lowest BCUT2D eigenvalue weighted by atomic mass is 10.2. The van der Waals surface area contributed by atoms with Crippen LogP contribution in [0.2, 0.25) is 0 Å². The van der Waals surface area contributed by atoms with Gasteiger partial charge in [-0.05, 0) is 29.8 Å². The quantitative estimate of drug-likeness (QED) is 0.774. The summed E-state index contributed by atoms with van der Waals surface area (Å²) in [6.07, 6.45) is 0. The second kappa shape index (κ2) is 4.16. The van der Waals surface area contributed by atoms with Gasteiger partial charge in [-0.15, -0.1) is 0 Å². The van der Waals surface area contributed by atoms with Crippen LogP contribution in [0, 0.1) is 0 Å². The van der Waals surface area contributed by atoms with Crippen LogP contribution in [-0.2, 0) is 6.54 Å². The van der Waals surface area contributed by atoms with E-state index >= 15 is 0 Å². The molecule has 0 aliphatic carbocycles. The lowest BCUT2D eigenvalue weighted by Gasteiger charge is -2.05. The summed E-state index contributed by atoms with van der Waals surface area (Å²) in [7, 11) is 0. The number of hydrogen-bond donors (Lipinski definition) is 1. The fourth-order valence-electron chi connectivity index (χ4n) is 2.49. The zero-order valence-electron chi connectivity index (χ0n) is 10.6. The molecule has 5 heteroatoms. The van der Waals surface area contributed by atoms with Crippen LogP contribution in [-0.4, -0.2) is 16.3 Å². The van der Waals surface area contributed by atoms with E-state index in [4.69, 9.17) is 9.47 Å². The molecule has 1 aromatic heterocycles. The van der Waals surface area contributed by atoms with Crippen molar-refractivity contribution >= 4 is 11.0 Å². The molecule has 0 saturated carbocycles. The lowest BCUT2D eigenvalue weighted by molar-refractivity contribution is 0.174. The Hall–Kier alpha value is -2.69. The Morgan fingerprint density at radius 2 is 1.95 bits per heavy atom. The van der Waals surface area contributed by atoms with E-state index in [1.165, 1.54) is 0 Å². The molecule has 20 heavy (non-hydrogen) atoms. The van der Waals surface area contributed by atoms with E-state index in [0.717, 1.165) is 28.1 Å². The molecule has 3 aromatic rings. The molecule has 1 aliphatic heterocycles. The zero-order valence-corrected chi connectivity index (χ0v) is 10.6. The van der Waals surface area contributed by atoms with Crippen molar-refractivity contribution in [3.8, 4) is 11.5 Å². The van der Waals surface area contributed by atoms with Crippen LogP contribution in [0.15, 0.2) is 47.3 Å². The van der Waals surface area contributed by atoms with Crippen LogP contribution < -0.4 is 15.2 Å². The molecular weight excluding hydrogens is 256 g/mol. The molecule has 0 saturated heterocycles. The minimum atomic E-state index is -0.108. The standard InChI is InChI=1S/C15H12N2O3/c18-15-16-11-3-1-2-4-12(11)17(15)8-10-5-6-13-14(7-10)20-9-19-13/h1-7H,8-9H2,(H,16,18). The van der Waals surface area contributed by atoms with E-state index in [-0.39, 0.29) is 12.5 Å². The number of para-hydroxylation sites is 2. The highest BCUT2D eigenvalue weighted by atomic mass is 16.7. The molecule has 0 spiro atoms. The van der Waals surface area contributed by atoms with Crippen LogP contribution in [0.25, 0.3) is 11.0 Å². The number of hydrogen-bond acceptors (Lipinski definition) is 3. The monoisotopic (exact) mass is 268 g/mol. The first-order valence-corrected chi connectivity index (χ1v) is 6.37. The van der Waals surface area contributed by atoms with Crippen molar-refractivity contribution in [2.24, 2.45) is 0 Å². The van der Waals surface area contributed by atoms with Crippen molar-refractivity contribution < 1.29 is 9.47 Å². The first kappa shape index (κ1) is 11.2. The number of nitrogens with zero attached hydrogens (tertiary/aromatic N) is 1. The molecule has 0 amide bonds. The number of nitrogens with one attached hydrogen (secondary N) is 1. The van der Waals surface area contributed by atoms with Crippen molar-refractivity contribution in [1.82, 2.24) is 9.55 Å². The lowest BCUT2D eigenvalue weighted by Crippen LogP contribution is -2.17. The predicted molar refractivity (Wildman–Crippen MR) is 74.2 cm³/mol. The van der Waals surface area contributed by atoms with Gasteiger partial charge in [0, 0.05) is 0 Å². The maximum absolute atomic E-state index is 12.0. The summed E-state index contributed by atoms with van der Waals surface area (Å²) in [5.41, 5.74) is 2.64. The third-order valence-corrected chi connectivity index (χ3v) is 3.46. The van der Waals surface area contributed by atoms with E-state index in [1.54, 1.807) is 4.57 Å². The molecule has 2 heterocycles. The van der Waals surface area contributed by atoms with E-state index < -0.39 is 0 Å². The third-order valence-electron chi connectivity index (χ3n) is 3.46. The molecular formula is C15H12N2O3. The molecule has 4 rings (SSSR count). The van der Waals surface area contributed by atoms with Gasteiger partial charge in [0.25, 0.3) is 0 Å². The molecule has 0 bridgehead atoms. The number of H-pyrrole nitrogens is 1. The number of rotatable bonds is 2. The number of fused-ring (bicyclic) bond motifs is 2. The average Bonchev–Trinajstić information content (AvgIpc) is 3.04. The Morgan fingerprint density at radius 3 is 2.90 bits per heavy atom. The largest absolute Gasteiger partial charge is 0.454 e. The Balaban J connectivity index is 1.78. The van der Waals surface area contributed by atoms with Gasteiger partial charge >= 0.3 is 5.69 Å². The van der Waals surface area contributed by atoms with Crippen LogP contribution in [0.1, 0.15) is 5.56 Å². The SMILES string of the molecule is O=c1[nH]c2ccccc2n1Cc1ccc2c(c1)OCO2. The number of imidazole rings is 1. The number of aromatic nitrogens is 2. The van der Waals surface area contributed by atoms with Crippen molar-refractivity contribution in [2.75, 3.05) is 6.79 Å². The molecule has 1 aliphatic rings. The highest BCUT2D eigenvalue weighted by molar-refractivity contribution is 5.75. The van der Waals surface area contributed by atoms with Crippen LogP contribution in [0.4, 0.5) is 0 Å². The molecule has 0 fully saturated rings. The van der Waals surface area contributed by atoms with Gasteiger partial charge in [0.15, 0.2) is 11.5 Å². The smallest absolute Gasteiger partial charge is 0.326 e. The van der Waals surface area contributed by atoms with Gasteiger partial charge in [-0.25, -0.2) is 4.79 Å². The first-order valence-electron chi connectivity index (χ1n) is 6.37. The van der Waals surface area contributed by atoms with E-state index in [1.807, 2.05) is 42.5 Å². The minimum absolute atomic E-state index is 0.108. The maximum Gasteiger partial charge on any atom is 0.326 e. The first-order chi connectivity index (χ1) is 9.81. The fourth-order valence-corrected chi connectivity index (χ4v) is 2.49. The average molecular weight is 268 g/mol. The topological polar surface area (TPSA) is 56.2 Å². The summed E-state index contributed by atoms with van der Waals surface area (Å²) < 4.78 is 12.4. The third kappa shape index (κ3) is 1.67. The van der Waals surface area contributed by atoms with Gasteiger partial charge < -0.3 is 14.5 Å². The maximum atomic E-state index is 12.0. The second-order valence-electron chi connectivity index (χ2n) is 4.72. The Kier molecular flexibility index (Phi) is 2.32. The van der Waals surface area contributed by atoms with Gasteiger partial charge in [0.2, 0.25) is 6.79 Å². The zero-order chi connectivity index (χ0) is 13.5. The normalized spacial score (nSPS) is 13.0. The summed E-state index contributed by atoms with van der Waals surface area (Å²) in [5.74, 6) is 1.48. The van der Waals surface area contributed by atoms with E-state index in [9.17, 15) is 4.79 Å². The predicted octanol–water partition coefficient (Wildman–Crippen LogP) is 2.11. The molecule has 0 radical (unpaired) electrons. The van der Waals surface area contributed by atoms with Gasteiger partial charge in [-0.3, -0.25) is 4.57 Å². The van der Waals surface area contributed by atoms with Crippen LogP contribution >= 0.6 is 0 Å². The molecule has 2 aromatic carbocycles. The summed E-state index contributed by atoms with van der Waals surface area (Å²) in [6, 6.07) is 13.4. The molecule has 100 valence electrons. The minimum Gasteiger partial charge on any atom is -0.454 e. The van der Waals surface area contributed by atoms with Gasteiger partial charge in [-0.1, -0.05) is 18.2 Å². The second-order valence-corrected chi connectivity index (χ2v) is 4.72.